The zero-order chi connectivity index (χ0) is 12.4. The molecule has 18 heavy (non-hydrogen) atoms. The van der Waals surface area contributed by atoms with Gasteiger partial charge in [0.2, 0.25) is 0 Å². The first-order chi connectivity index (χ1) is 8.81. The van der Waals surface area contributed by atoms with Crippen molar-refractivity contribution >= 4 is 15.9 Å². The molecule has 94 valence electrons. The van der Waals surface area contributed by atoms with Crippen LogP contribution in [-0.2, 0) is 6.42 Å². The maximum atomic E-state index is 4.63. The second kappa shape index (κ2) is 5.22. The first kappa shape index (κ1) is 11.9. The Morgan fingerprint density at radius 2 is 1.89 bits per heavy atom. The molecule has 1 aromatic carbocycles. The molecule has 1 aromatic heterocycles. The van der Waals surface area contributed by atoms with Crippen LogP contribution in [0.5, 0.6) is 0 Å². The zero-order valence-corrected chi connectivity index (χ0v) is 11.8. The van der Waals surface area contributed by atoms with Crippen LogP contribution in [0.3, 0.4) is 0 Å². The summed E-state index contributed by atoms with van der Waals surface area (Å²) in [5, 5.41) is 7.44. The van der Waals surface area contributed by atoms with Gasteiger partial charge in [0.15, 0.2) is 5.82 Å². The Hall–Kier alpha value is -1.16. The molecule has 1 N–H and O–H groups in total. The smallest absolute Gasteiger partial charge is 0.153 e. The van der Waals surface area contributed by atoms with Crippen molar-refractivity contribution in [2.24, 2.45) is 0 Å². The molecule has 1 saturated carbocycles. The lowest BCUT2D eigenvalue weighted by Gasteiger charge is -2.01. The van der Waals surface area contributed by atoms with Gasteiger partial charge in [-0.15, -0.1) is 0 Å². The highest BCUT2D eigenvalue weighted by molar-refractivity contribution is 9.10. The third kappa shape index (κ3) is 2.64. The number of H-pyrrole nitrogens is 1. The first-order valence-electron chi connectivity index (χ1n) is 6.47. The van der Waals surface area contributed by atoms with Crippen molar-refractivity contribution in [3.05, 3.63) is 46.0 Å². The molecule has 1 aliphatic rings. The topological polar surface area (TPSA) is 41.6 Å². The van der Waals surface area contributed by atoms with Crippen molar-refractivity contribution in [2.75, 3.05) is 0 Å². The van der Waals surface area contributed by atoms with Crippen LogP contribution in [0.4, 0.5) is 0 Å². The molecule has 1 aliphatic carbocycles. The molecule has 0 aliphatic heterocycles. The molecule has 2 aromatic rings. The number of aromatic amines is 1. The summed E-state index contributed by atoms with van der Waals surface area (Å²) >= 11 is 3.44. The standard InChI is InChI=1S/C14H16BrN3/c15-12-7-5-10(6-8-12)9-13-16-14(18-17-13)11-3-1-2-4-11/h5-8,11H,1-4,9H2,(H,16,17,18). The van der Waals surface area contributed by atoms with Crippen molar-refractivity contribution in [2.45, 2.75) is 38.0 Å². The highest BCUT2D eigenvalue weighted by Crippen LogP contribution is 2.31. The van der Waals surface area contributed by atoms with Gasteiger partial charge in [0, 0.05) is 16.8 Å². The minimum absolute atomic E-state index is 0.583. The monoisotopic (exact) mass is 305 g/mol. The van der Waals surface area contributed by atoms with E-state index < -0.39 is 0 Å². The molecule has 4 heteroatoms. The third-order valence-electron chi connectivity index (χ3n) is 3.55. The van der Waals surface area contributed by atoms with E-state index in [-0.39, 0.29) is 0 Å². The van der Waals surface area contributed by atoms with Crippen LogP contribution in [0.15, 0.2) is 28.7 Å². The highest BCUT2D eigenvalue weighted by Gasteiger charge is 2.20. The molecule has 0 saturated heterocycles. The van der Waals surface area contributed by atoms with Gasteiger partial charge in [-0.2, -0.15) is 5.10 Å². The van der Waals surface area contributed by atoms with Crippen molar-refractivity contribution in [3.8, 4) is 0 Å². The summed E-state index contributed by atoms with van der Waals surface area (Å²) in [6, 6.07) is 8.34. The number of halogens is 1. The number of nitrogens with zero attached hydrogens (tertiary/aromatic N) is 2. The molecule has 1 heterocycles. The van der Waals surface area contributed by atoms with Gasteiger partial charge in [-0.1, -0.05) is 40.9 Å². The lowest BCUT2D eigenvalue weighted by molar-refractivity contribution is 0.671. The van der Waals surface area contributed by atoms with Crippen LogP contribution in [0.2, 0.25) is 0 Å². The molecular formula is C14H16BrN3. The average molecular weight is 306 g/mol. The van der Waals surface area contributed by atoms with Crippen molar-refractivity contribution in [1.82, 2.24) is 15.2 Å². The van der Waals surface area contributed by atoms with Crippen LogP contribution in [-0.4, -0.2) is 15.2 Å². The van der Waals surface area contributed by atoms with Crippen LogP contribution in [0.25, 0.3) is 0 Å². The van der Waals surface area contributed by atoms with Gasteiger partial charge in [-0.3, -0.25) is 5.10 Å². The third-order valence-corrected chi connectivity index (χ3v) is 4.08. The van der Waals surface area contributed by atoms with E-state index in [1.54, 1.807) is 0 Å². The van der Waals surface area contributed by atoms with E-state index in [0.29, 0.717) is 5.92 Å². The molecule has 1 fully saturated rings. The van der Waals surface area contributed by atoms with E-state index in [0.717, 1.165) is 22.5 Å². The number of hydrogen-bond acceptors (Lipinski definition) is 2. The van der Waals surface area contributed by atoms with Gasteiger partial charge >= 0.3 is 0 Å². The molecule has 0 unspecified atom stereocenters. The Morgan fingerprint density at radius 3 is 2.61 bits per heavy atom. The summed E-state index contributed by atoms with van der Waals surface area (Å²) < 4.78 is 1.11. The Labute approximate surface area is 115 Å². The predicted octanol–water partition coefficient (Wildman–Crippen LogP) is 3.82. The number of rotatable bonds is 3. The summed E-state index contributed by atoms with van der Waals surface area (Å²) in [4.78, 5) is 4.63. The van der Waals surface area contributed by atoms with Gasteiger partial charge in [0.05, 0.1) is 0 Å². The average Bonchev–Trinajstić information content (AvgIpc) is 3.02. The van der Waals surface area contributed by atoms with E-state index in [1.807, 2.05) is 0 Å². The first-order valence-corrected chi connectivity index (χ1v) is 7.26. The molecule has 0 amide bonds. The minimum atomic E-state index is 0.583. The van der Waals surface area contributed by atoms with Gasteiger partial charge < -0.3 is 0 Å². The highest BCUT2D eigenvalue weighted by atomic mass is 79.9. The largest absolute Gasteiger partial charge is 0.263 e. The minimum Gasteiger partial charge on any atom is -0.263 e. The SMILES string of the molecule is Brc1ccc(Cc2nc(C3CCCC3)n[nH]2)cc1. The summed E-state index contributed by atoms with van der Waals surface area (Å²) in [5.41, 5.74) is 1.26. The van der Waals surface area contributed by atoms with Crippen LogP contribution in [0.1, 0.15) is 48.8 Å². The molecule has 0 radical (unpaired) electrons. The zero-order valence-electron chi connectivity index (χ0n) is 10.2. The van der Waals surface area contributed by atoms with Crippen LogP contribution < -0.4 is 0 Å². The Morgan fingerprint density at radius 1 is 1.17 bits per heavy atom. The van der Waals surface area contributed by atoms with Crippen LogP contribution in [0, 0.1) is 0 Å². The maximum Gasteiger partial charge on any atom is 0.153 e. The van der Waals surface area contributed by atoms with Gasteiger partial charge in [-0.25, -0.2) is 4.98 Å². The fourth-order valence-corrected chi connectivity index (χ4v) is 2.82. The number of benzene rings is 1. The van der Waals surface area contributed by atoms with Crippen molar-refractivity contribution in [1.29, 1.82) is 0 Å². The van der Waals surface area contributed by atoms with Gasteiger partial charge in [0.25, 0.3) is 0 Å². The molecule has 3 rings (SSSR count). The predicted molar refractivity (Wildman–Crippen MR) is 74.5 cm³/mol. The second-order valence-electron chi connectivity index (χ2n) is 4.92. The molecule has 3 nitrogen and oxygen atoms in total. The van der Waals surface area contributed by atoms with E-state index in [1.165, 1.54) is 31.2 Å². The number of nitrogens with one attached hydrogen (secondary N) is 1. The normalized spacial score (nSPS) is 16.3. The van der Waals surface area contributed by atoms with E-state index in [2.05, 4.69) is 55.4 Å². The van der Waals surface area contributed by atoms with Crippen LogP contribution >= 0.6 is 15.9 Å². The van der Waals surface area contributed by atoms with Crippen molar-refractivity contribution in [3.63, 3.8) is 0 Å². The van der Waals surface area contributed by atoms with E-state index >= 15 is 0 Å². The number of aromatic nitrogens is 3. The van der Waals surface area contributed by atoms with Gasteiger partial charge in [0.1, 0.15) is 5.82 Å². The lowest BCUT2D eigenvalue weighted by Crippen LogP contribution is -1.95. The molecule has 0 atom stereocenters. The lowest BCUT2D eigenvalue weighted by atomic mass is 10.1. The fourth-order valence-electron chi connectivity index (χ4n) is 2.55. The van der Waals surface area contributed by atoms with E-state index in [9.17, 15) is 0 Å². The maximum absolute atomic E-state index is 4.63. The molecule has 0 bridgehead atoms. The summed E-state index contributed by atoms with van der Waals surface area (Å²) in [7, 11) is 0. The summed E-state index contributed by atoms with van der Waals surface area (Å²) in [5.74, 6) is 2.57. The molecule has 0 spiro atoms. The summed E-state index contributed by atoms with van der Waals surface area (Å²) in [6.07, 6.45) is 5.96. The Bertz CT molecular complexity index is 512. The van der Waals surface area contributed by atoms with E-state index in [4.69, 9.17) is 0 Å². The van der Waals surface area contributed by atoms with Gasteiger partial charge in [-0.05, 0) is 30.5 Å². The Kier molecular flexibility index (Phi) is 3.46. The Balaban J connectivity index is 1.71. The quantitative estimate of drug-likeness (QED) is 0.936. The molecular weight excluding hydrogens is 290 g/mol. The fraction of sp³-hybridized carbons (Fsp3) is 0.429. The van der Waals surface area contributed by atoms with Crippen molar-refractivity contribution < 1.29 is 0 Å². The summed E-state index contributed by atoms with van der Waals surface area (Å²) in [6.45, 7) is 0. The second-order valence-corrected chi connectivity index (χ2v) is 5.84. The number of hydrogen-bond donors (Lipinski definition) is 1.